The van der Waals surface area contributed by atoms with Gasteiger partial charge >= 0.3 is 0 Å². The first-order valence-corrected chi connectivity index (χ1v) is 10.2. The molecule has 0 saturated carbocycles. The molecule has 0 saturated heterocycles. The predicted molar refractivity (Wildman–Crippen MR) is 94.6 cm³/mol. The van der Waals surface area contributed by atoms with Gasteiger partial charge in [0.25, 0.3) is 0 Å². The first kappa shape index (κ1) is 17.9. The van der Waals surface area contributed by atoms with Gasteiger partial charge in [0.1, 0.15) is 21.2 Å². The lowest BCUT2D eigenvalue weighted by atomic mass is 10.2. The quantitative estimate of drug-likeness (QED) is 0.742. The lowest BCUT2D eigenvalue weighted by molar-refractivity contribution is 0.582. The highest BCUT2D eigenvalue weighted by atomic mass is 32.2. The predicted octanol–water partition coefficient (Wildman–Crippen LogP) is 3.22. The second-order valence-electron chi connectivity index (χ2n) is 6.09. The van der Waals surface area contributed by atoms with Gasteiger partial charge in [0.15, 0.2) is 0 Å². The molecule has 0 spiro atoms. The number of aryl methyl sites for hydroxylation is 4. The number of rotatable bonds is 8. The smallest absolute Gasteiger partial charge is 0.150 e. The van der Waals surface area contributed by atoms with Gasteiger partial charge in [0.05, 0.1) is 23.2 Å². The fraction of sp³-hybridized carbons (Fsp3) is 0.647. The van der Waals surface area contributed by atoms with E-state index in [1.54, 1.807) is 0 Å². The van der Waals surface area contributed by atoms with Gasteiger partial charge in [-0.05, 0) is 32.3 Å². The molecule has 2 aromatic heterocycles. The van der Waals surface area contributed by atoms with E-state index >= 15 is 0 Å². The zero-order valence-electron chi connectivity index (χ0n) is 14.6. The van der Waals surface area contributed by atoms with Crippen LogP contribution < -0.4 is 0 Å². The SMILES string of the molecule is CCCCS(=O)(=O)CCCn1c(CC)nc2cnc(C)c(C)c21. The minimum atomic E-state index is -2.93. The second-order valence-corrected chi connectivity index (χ2v) is 8.40. The summed E-state index contributed by atoms with van der Waals surface area (Å²) in [6.45, 7) is 8.83. The van der Waals surface area contributed by atoms with Crippen molar-refractivity contribution in [1.29, 1.82) is 0 Å². The molecule has 0 amide bonds. The Hall–Kier alpha value is -1.43. The van der Waals surface area contributed by atoms with Crippen LogP contribution in [0.4, 0.5) is 0 Å². The average molecular weight is 337 g/mol. The number of imidazole rings is 1. The number of sulfone groups is 1. The van der Waals surface area contributed by atoms with Crippen molar-refractivity contribution in [3.05, 3.63) is 23.3 Å². The lowest BCUT2D eigenvalue weighted by Gasteiger charge is -2.11. The molecule has 23 heavy (non-hydrogen) atoms. The number of pyridine rings is 1. The molecule has 0 fully saturated rings. The Morgan fingerprint density at radius 1 is 1.13 bits per heavy atom. The zero-order chi connectivity index (χ0) is 17.0. The Labute approximate surface area is 139 Å². The third kappa shape index (κ3) is 4.10. The van der Waals surface area contributed by atoms with Gasteiger partial charge in [-0.1, -0.05) is 20.3 Å². The summed E-state index contributed by atoms with van der Waals surface area (Å²) in [7, 11) is -2.93. The monoisotopic (exact) mass is 337 g/mol. The van der Waals surface area contributed by atoms with Gasteiger partial charge in [-0.25, -0.2) is 13.4 Å². The van der Waals surface area contributed by atoms with Gasteiger partial charge in [0, 0.05) is 18.7 Å². The molecule has 0 radical (unpaired) electrons. The van der Waals surface area contributed by atoms with Crippen molar-refractivity contribution in [1.82, 2.24) is 14.5 Å². The van der Waals surface area contributed by atoms with Crippen molar-refractivity contribution in [2.75, 3.05) is 11.5 Å². The lowest BCUT2D eigenvalue weighted by Crippen LogP contribution is -2.14. The van der Waals surface area contributed by atoms with Crippen molar-refractivity contribution in [3.8, 4) is 0 Å². The summed E-state index contributed by atoms with van der Waals surface area (Å²) in [5, 5.41) is 0. The van der Waals surface area contributed by atoms with Crippen LogP contribution in [-0.4, -0.2) is 34.5 Å². The molecule has 128 valence electrons. The maximum absolute atomic E-state index is 12.0. The van der Waals surface area contributed by atoms with E-state index in [0.717, 1.165) is 47.4 Å². The Balaban J connectivity index is 2.21. The first-order chi connectivity index (χ1) is 10.9. The zero-order valence-corrected chi connectivity index (χ0v) is 15.4. The summed E-state index contributed by atoms with van der Waals surface area (Å²) < 4.78 is 26.2. The highest BCUT2D eigenvalue weighted by Gasteiger charge is 2.15. The van der Waals surface area contributed by atoms with Crippen molar-refractivity contribution in [2.45, 2.75) is 59.9 Å². The van der Waals surface area contributed by atoms with E-state index in [2.05, 4.69) is 28.4 Å². The molecule has 6 heteroatoms. The number of nitrogens with zero attached hydrogens (tertiary/aromatic N) is 3. The summed E-state index contributed by atoms with van der Waals surface area (Å²) >= 11 is 0. The summed E-state index contributed by atoms with van der Waals surface area (Å²) in [5.74, 6) is 1.55. The number of aromatic nitrogens is 3. The Bertz CT molecular complexity index is 779. The number of unbranched alkanes of at least 4 members (excludes halogenated alkanes) is 1. The van der Waals surface area contributed by atoms with Crippen LogP contribution in [-0.2, 0) is 22.8 Å². The van der Waals surface area contributed by atoms with Crippen LogP contribution in [0.5, 0.6) is 0 Å². The van der Waals surface area contributed by atoms with Crippen LogP contribution in [0.2, 0.25) is 0 Å². The van der Waals surface area contributed by atoms with Crippen LogP contribution >= 0.6 is 0 Å². The van der Waals surface area contributed by atoms with Crippen molar-refractivity contribution < 1.29 is 8.42 Å². The van der Waals surface area contributed by atoms with Crippen molar-refractivity contribution in [3.63, 3.8) is 0 Å². The van der Waals surface area contributed by atoms with Gasteiger partial charge in [-0.2, -0.15) is 0 Å². The van der Waals surface area contributed by atoms with E-state index in [4.69, 9.17) is 0 Å². The molecule has 0 unspecified atom stereocenters. The van der Waals surface area contributed by atoms with E-state index in [1.165, 1.54) is 0 Å². The number of fused-ring (bicyclic) bond motifs is 1. The van der Waals surface area contributed by atoms with Gasteiger partial charge in [-0.15, -0.1) is 0 Å². The first-order valence-electron chi connectivity index (χ1n) is 8.41. The highest BCUT2D eigenvalue weighted by molar-refractivity contribution is 7.91. The van der Waals surface area contributed by atoms with Gasteiger partial charge < -0.3 is 4.57 Å². The maximum Gasteiger partial charge on any atom is 0.150 e. The molecular weight excluding hydrogens is 310 g/mol. The number of hydrogen-bond acceptors (Lipinski definition) is 4. The molecule has 0 bridgehead atoms. The normalized spacial score (nSPS) is 12.2. The molecule has 2 aromatic rings. The van der Waals surface area contributed by atoms with E-state index < -0.39 is 9.84 Å². The second kappa shape index (κ2) is 7.43. The van der Waals surface area contributed by atoms with Gasteiger partial charge in [-0.3, -0.25) is 4.98 Å². The molecule has 2 rings (SSSR count). The van der Waals surface area contributed by atoms with E-state index in [9.17, 15) is 8.42 Å². The van der Waals surface area contributed by atoms with Gasteiger partial charge in [0.2, 0.25) is 0 Å². The fourth-order valence-electron chi connectivity index (χ4n) is 2.85. The Morgan fingerprint density at radius 2 is 1.83 bits per heavy atom. The summed E-state index contributed by atoms with van der Waals surface area (Å²) in [6, 6.07) is 0. The van der Waals surface area contributed by atoms with Crippen molar-refractivity contribution in [2.24, 2.45) is 0 Å². The Kier molecular flexibility index (Phi) is 5.79. The summed E-state index contributed by atoms with van der Waals surface area (Å²) in [4.78, 5) is 9.03. The minimum Gasteiger partial charge on any atom is -0.328 e. The third-order valence-corrected chi connectivity index (χ3v) is 6.14. The van der Waals surface area contributed by atoms with E-state index in [0.29, 0.717) is 18.7 Å². The molecule has 0 aromatic carbocycles. The van der Waals surface area contributed by atoms with Crippen LogP contribution in [0.1, 0.15) is 50.2 Å². The molecular formula is C17H27N3O2S. The number of hydrogen-bond donors (Lipinski definition) is 0. The molecule has 5 nitrogen and oxygen atoms in total. The standard InChI is InChI=1S/C17H27N3O2S/c1-5-7-10-23(21,22)11-8-9-20-16(6-2)19-15-12-18-14(4)13(3)17(15)20/h12H,5-11H2,1-4H3. The summed E-state index contributed by atoms with van der Waals surface area (Å²) in [6.07, 6.45) is 4.93. The minimum absolute atomic E-state index is 0.249. The molecule has 0 aliphatic heterocycles. The molecule has 0 N–H and O–H groups in total. The van der Waals surface area contributed by atoms with Crippen LogP contribution in [0.15, 0.2) is 6.20 Å². The van der Waals surface area contributed by atoms with Crippen LogP contribution in [0, 0.1) is 13.8 Å². The summed E-state index contributed by atoms with van der Waals surface area (Å²) in [5.41, 5.74) is 4.12. The molecule has 0 aliphatic carbocycles. The van der Waals surface area contributed by atoms with E-state index in [1.807, 2.05) is 20.0 Å². The highest BCUT2D eigenvalue weighted by Crippen LogP contribution is 2.22. The van der Waals surface area contributed by atoms with Crippen LogP contribution in [0.3, 0.4) is 0 Å². The van der Waals surface area contributed by atoms with E-state index in [-0.39, 0.29) is 5.75 Å². The largest absolute Gasteiger partial charge is 0.328 e. The molecule has 0 aliphatic rings. The van der Waals surface area contributed by atoms with Crippen molar-refractivity contribution >= 4 is 20.9 Å². The maximum atomic E-state index is 12.0. The molecule has 2 heterocycles. The Morgan fingerprint density at radius 3 is 2.48 bits per heavy atom. The topological polar surface area (TPSA) is 64.8 Å². The molecule has 0 atom stereocenters. The fourth-order valence-corrected chi connectivity index (χ4v) is 4.35. The third-order valence-electron chi connectivity index (χ3n) is 4.31. The van der Waals surface area contributed by atoms with Crippen LogP contribution in [0.25, 0.3) is 11.0 Å². The average Bonchev–Trinajstić information content (AvgIpc) is 2.87.